The minimum atomic E-state index is -0.817. The summed E-state index contributed by atoms with van der Waals surface area (Å²) in [4.78, 5) is 15.8. The number of hydrogen-bond acceptors (Lipinski definition) is 4. The third kappa shape index (κ3) is 4.82. The van der Waals surface area contributed by atoms with Crippen molar-refractivity contribution in [2.75, 3.05) is 27.2 Å². The van der Waals surface area contributed by atoms with Crippen molar-refractivity contribution < 1.29 is 9.90 Å². The molecule has 0 radical (unpaired) electrons. The number of rotatable bonds is 4. The number of nitrogens with zero attached hydrogens (tertiary/aromatic N) is 1. The maximum atomic E-state index is 12.1. The Bertz CT molecular complexity index is 861. The molecule has 162 valence electrons. The van der Waals surface area contributed by atoms with E-state index in [0.717, 1.165) is 30.0 Å². The van der Waals surface area contributed by atoms with Crippen molar-refractivity contribution in [3.63, 3.8) is 0 Å². The highest BCUT2D eigenvalue weighted by Gasteiger charge is 2.30. The van der Waals surface area contributed by atoms with Crippen LogP contribution in [0.1, 0.15) is 77.9 Å². The lowest BCUT2D eigenvalue weighted by Gasteiger charge is -2.36. The molecule has 0 atom stereocenters. The minimum absolute atomic E-state index is 0.470. The lowest BCUT2D eigenvalue weighted by Crippen LogP contribution is -2.34. The molecule has 0 saturated heterocycles. The van der Waals surface area contributed by atoms with Crippen LogP contribution in [0.2, 0.25) is 0 Å². The molecule has 5 heteroatoms. The van der Waals surface area contributed by atoms with Crippen LogP contribution in [0.3, 0.4) is 0 Å². The van der Waals surface area contributed by atoms with E-state index in [1.165, 1.54) is 73.8 Å². The maximum absolute atomic E-state index is 12.1. The molecule has 1 aromatic rings. The molecule has 2 aliphatic carbocycles. The number of likely N-dealkylation sites (N-methyl/N-ethyl adjacent to an activating group) is 1. The maximum Gasteiger partial charge on any atom is 0.346 e. The van der Waals surface area contributed by atoms with Gasteiger partial charge in [-0.3, -0.25) is 0 Å². The third-order valence-electron chi connectivity index (χ3n) is 7.21. The molecule has 1 aliphatic heterocycles. The molecule has 0 aromatic carbocycles. The molecule has 0 bridgehead atoms. The molecule has 30 heavy (non-hydrogen) atoms. The number of thiophene rings is 1. The van der Waals surface area contributed by atoms with E-state index < -0.39 is 5.97 Å². The fourth-order valence-electron chi connectivity index (χ4n) is 5.43. The Balaban J connectivity index is 1.67. The average Bonchev–Trinajstić information content (AvgIpc) is 3.42. The van der Waals surface area contributed by atoms with Gasteiger partial charge in [-0.25, -0.2) is 4.79 Å². The Morgan fingerprint density at radius 1 is 1.20 bits per heavy atom. The summed E-state index contributed by atoms with van der Waals surface area (Å²) in [5.41, 5.74) is 3.71. The zero-order chi connectivity index (χ0) is 21.1. The molecule has 2 saturated carbocycles. The molecule has 3 aliphatic rings. The van der Waals surface area contributed by atoms with Crippen LogP contribution in [-0.4, -0.2) is 49.2 Å². The second kappa shape index (κ2) is 9.68. The predicted octanol–water partition coefficient (Wildman–Crippen LogP) is 4.86. The number of carboxylic acids is 1. The van der Waals surface area contributed by atoms with Gasteiger partial charge in [0, 0.05) is 30.6 Å². The number of aromatic carboxylic acids is 1. The first-order chi connectivity index (χ1) is 14.5. The van der Waals surface area contributed by atoms with E-state index in [-0.39, 0.29) is 0 Å². The van der Waals surface area contributed by atoms with Gasteiger partial charge in [0.1, 0.15) is 4.88 Å². The van der Waals surface area contributed by atoms with E-state index in [2.05, 4.69) is 42.2 Å². The highest BCUT2D eigenvalue weighted by molar-refractivity contribution is 7.14. The molecule has 4 rings (SSSR count). The fraction of sp³-hybridized carbons (Fsp3) is 0.640. The lowest BCUT2D eigenvalue weighted by atomic mass is 9.76. The highest BCUT2D eigenvalue weighted by Crippen LogP contribution is 2.40. The average molecular weight is 427 g/mol. The summed E-state index contributed by atoms with van der Waals surface area (Å²) in [7, 11) is 4.20. The van der Waals surface area contributed by atoms with Gasteiger partial charge in [-0.05, 0) is 76.6 Å². The summed E-state index contributed by atoms with van der Waals surface area (Å²) >= 11 is 1.36. The fourth-order valence-corrected chi connectivity index (χ4v) is 6.32. The van der Waals surface area contributed by atoms with E-state index in [1.54, 1.807) is 0 Å². The standard InChI is InChI=1S/C25H34N2O2S/c1-26-19-10-8-18(9-11-19)21-13-14-27(2)16-23(21)22-15-20(30-24(22)25(28)29)12-7-17-5-3-4-6-17/h15,17-19,26H,3-6,8-11,13-14,16H2,1-2H3,(H,28,29). The molecule has 0 unspecified atom stereocenters. The van der Waals surface area contributed by atoms with Gasteiger partial charge in [-0.2, -0.15) is 0 Å². The van der Waals surface area contributed by atoms with Crippen molar-refractivity contribution in [3.8, 4) is 11.8 Å². The Labute approximate surface area is 184 Å². The van der Waals surface area contributed by atoms with Crippen LogP contribution in [-0.2, 0) is 0 Å². The summed E-state index contributed by atoms with van der Waals surface area (Å²) in [6.07, 6.45) is 10.8. The number of carbonyl (C=O) groups is 1. The van der Waals surface area contributed by atoms with Crippen molar-refractivity contribution in [3.05, 3.63) is 27.0 Å². The monoisotopic (exact) mass is 426 g/mol. The van der Waals surface area contributed by atoms with Crippen molar-refractivity contribution >= 4 is 22.9 Å². The second-order valence-corrected chi connectivity index (χ2v) is 10.3. The van der Waals surface area contributed by atoms with Crippen molar-refractivity contribution in [2.45, 2.75) is 63.8 Å². The number of nitrogens with one attached hydrogen (secondary N) is 1. The summed E-state index contributed by atoms with van der Waals surface area (Å²) in [5, 5.41) is 13.4. The van der Waals surface area contributed by atoms with E-state index in [9.17, 15) is 9.90 Å². The van der Waals surface area contributed by atoms with Gasteiger partial charge >= 0.3 is 5.97 Å². The summed E-state index contributed by atoms with van der Waals surface area (Å²) in [5.74, 6) is 6.99. The number of carboxylic acid groups (broad SMARTS) is 1. The molecule has 2 heterocycles. The van der Waals surface area contributed by atoms with Gasteiger partial charge in [-0.1, -0.05) is 30.3 Å². The lowest BCUT2D eigenvalue weighted by molar-refractivity contribution is 0.0702. The van der Waals surface area contributed by atoms with Crippen molar-refractivity contribution in [2.24, 2.45) is 11.8 Å². The van der Waals surface area contributed by atoms with Gasteiger partial charge in [0.25, 0.3) is 0 Å². The molecule has 4 nitrogen and oxygen atoms in total. The van der Waals surface area contributed by atoms with Crippen LogP contribution < -0.4 is 5.32 Å². The van der Waals surface area contributed by atoms with E-state index >= 15 is 0 Å². The van der Waals surface area contributed by atoms with E-state index in [0.29, 0.717) is 22.8 Å². The van der Waals surface area contributed by atoms with Gasteiger partial charge in [-0.15, -0.1) is 11.3 Å². The SMILES string of the molecule is CNC1CCC(C2=C(c3cc(C#CC4CCCC4)sc3C(=O)O)CN(C)CC2)CC1. The third-order valence-corrected chi connectivity index (χ3v) is 8.25. The first kappa shape index (κ1) is 21.6. The largest absolute Gasteiger partial charge is 0.477 e. The van der Waals surface area contributed by atoms with Crippen molar-refractivity contribution in [1.82, 2.24) is 10.2 Å². The van der Waals surface area contributed by atoms with Crippen LogP contribution in [0.5, 0.6) is 0 Å². The molecule has 0 spiro atoms. The quantitative estimate of drug-likeness (QED) is 0.676. The minimum Gasteiger partial charge on any atom is -0.477 e. The van der Waals surface area contributed by atoms with Crippen LogP contribution in [0.4, 0.5) is 0 Å². The Hall–Kier alpha value is -1.61. The smallest absolute Gasteiger partial charge is 0.346 e. The Morgan fingerprint density at radius 3 is 2.60 bits per heavy atom. The van der Waals surface area contributed by atoms with Crippen molar-refractivity contribution in [1.29, 1.82) is 0 Å². The molecule has 1 aromatic heterocycles. The predicted molar refractivity (Wildman–Crippen MR) is 124 cm³/mol. The first-order valence-corrected chi connectivity index (χ1v) is 12.3. The zero-order valence-electron chi connectivity index (χ0n) is 18.3. The topological polar surface area (TPSA) is 52.6 Å². The zero-order valence-corrected chi connectivity index (χ0v) is 19.1. The molecule has 2 fully saturated rings. The van der Waals surface area contributed by atoms with Crippen LogP contribution in [0, 0.1) is 23.7 Å². The normalized spacial score (nSPS) is 25.9. The molecular weight excluding hydrogens is 392 g/mol. The Kier molecular flexibility index (Phi) is 6.98. The molecule has 2 N–H and O–H groups in total. The van der Waals surface area contributed by atoms with Gasteiger partial charge in [0.2, 0.25) is 0 Å². The van der Waals surface area contributed by atoms with Crippen LogP contribution in [0.15, 0.2) is 11.6 Å². The van der Waals surface area contributed by atoms with Gasteiger partial charge < -0.3 is 15.3 Å². The summed E-state index contributed by atoms with van der Waals surface area (Å²) in [6.45, 7) is 1.90. The van der Waals surface area contributed by atoms with E-state index in [1.807, 2.05) is 0 Å². The first-order valence-electron chi connectivity index (χ1n) is 11.5. The van der Waals surface area contributed by atoms with Gasteiger partial charge in [0.15, 0.2) is 0 Å². The van der Waals surface area contributed by atoms with Crippen LogP contribution in [0.25, 0.3) is 5.57 Å². The number of hydrogen-bond donors (Lipinski definition) is 2. The highest BCUT2D eigenvalue weighted by atomic mass is 32.1. The molecule has 0 amide bonds. The Morgan fingerprint density at radius 2 is 1.93 bits per heavy atom. The van der Waals surface area contributed by atoms with Crippen LogP contribution >= 0.6 is 11.3 Å². The second-order valence-electron chi connectivity index (χ2n) is 9.24. The summed E-state index contributed by atoms with van der Waals surface area (Å²) in [6, 6.07) is 2.70. The molecular formula is C25H34N2O2S. The summed E-state index contributed by atoms with van der Waals surface area (Å²) < 4.78 is 0. The van der Waals surface area contributed by atoms with Gasteiger partial charge in [0.05, 0.1) is 4.88 Å². The van der Waals surface area contributed by atoms with E-state index in [4.69, 9.17) is 0 Å².